The number of piperidine rings is 1. The average molecular weight is 446 g/mol. The van der Waals surface area contributed by atoms with Crippen molar-refractivity contribution in [3.8, 4) is 11.1 Å². The fourth-order valence-corrected chi connectivity index (χ4v) is 6.71. The number of fused-ring (bicyclic) bond motifs is 5. The molecule has 2 saturated heterocycles. The molecule has 0 radical (unpaired) electrons. The van der Waals surface area contributed by atoms with Crippen LogP contribution in [-0.4, -0.2) is 62.1 Å². The Balaban J connectivity index is 1.18. The molecule has 0 N–H and O–H groups in total. The maximum Gasteiger partial charge on any atom is 0.242 e. The second kappa shape index (κ2) is 8.01. The third kappa shape index (κ3) is 3.34. The molecule has 0 spiro atoms. The van der Waals surface area contributed by atoms with Crippen molar-refractivity contribution in [2.75, 3.05) is 19.6 Å². The molecule has 4 aliphatic rings. The van der Waals surface area contributed by atoms with Crippen LogP contribution in [0, 0.1) is 23.7 Å². The predicted octanol–water partition coefficient (Wildman–Crippen LogP) is 2.28. The van der Waals surface area contributed by atoms with E-state index in [0.717, 1.165) is 48.9 Å². The van der Waals surface area contributed by atoms with Gasteiger partial charge in [0.15, 0.2) is 0 Å². The van der Waals surface area contributed by atoms with E-state index in [2.05, 4.69) is 15.0 Å². The molecule has 8 nitrogen and oxygen atoms in total. The van der Waals surface area contributed by atoms with Crippen LogP contribution in [0.3, 0.4) is 0 Å². The molecule has 2 saturated carbocycles. The van der Waals surface area contributed by atoms with Crippen molar-refractivity contribution in [1.82, 2.24) is 24.8 Å². The second-order valence-corrected chi connectivity index (χ2v) is 9.88. The molecule has 3 amide bonds. The zero-order valence-corrected chi connectivity index (χ0v) is 18.5. The molecule has 5 atom stereocenters. The summed E-state index contributed by atoms with van der Waals surface area (Å²) in [6.45, 7) is 1.04. The van der Waals surface area contributed by atoms with Crippen LogP contribution >= 0.6 is 0 Å². The monoisotopic (exact) mass is 445 g/mol. The SMILES string of the molecule is O=C(CN1C(=O)[C@H]2[C@@H]3CC[C@@H](C3)[C@@H]2C1=O)N1CCC[C@@H](c2ncncc2-c2ccncc2)C1. The number of carbonyl (C=O) groups is 3. The van der Waals surface area contributed by atoms with Crippen LogP contribution in [-0.2, 0) is 14.4 Å². The van der Waals surface area contributed by atoms with E-state index >= 15 is 0 Å². The number of amides is 3. The standard InChI is InChI=1S/C25H27N5O3/c31-20(13-30-24(32)21-16-3-4-17(10-16)22(21)25(30)33)29-9-1-2-18(12-29)23-19(11-27-14-28-23)15-5-7-26-8-6-15/h5-8,11,14,16-18,21-22H,1-4,9-10,12-13H2/t16-,17+,18-,21+,22+/m1/s1. The largest absolute Gasteiger partial charge is 0.340 e. The molecule has 0 unspecified atom stereocenters. The topological polar surface area (TPSA) is 96.4 Å². The number of imide groups is 1. The molecule has 0 aromatic carbocycles. The van der Waals surface area contributed by atoms with Crippen molar-refractivity contribution in [2.24, 2.45) is 23.7 Å². The van der Waals surface area contributed by atoms with E-state index in [9.17, 15) is 14.4 Å². The highest BCUT2D eigenvalue weighted by atomic mass is 16.2. The van der Waals surface area contributed by atoms with Crippen LogP contribution < -0.4 is 0 Å². The van der Waals surface area contributed by atoms with E-state index in [4.69, 9.17) is 0 Å². The number of carbonyl (C=O) groups excluding carboxylic acids is 3. The van der Waals surface area contributed by atoms with E-state index in [1.165, 1.54) is 4.90 Å². The van der Waals surface area contributed by atoms with Gasteiger partial charge < -0.3 is 4.90 Å². The zero-order chi connectivity index (χ0) is 22.5. The lowest BCUT2D eigenvalue weighted by Crippen LogP contribution is -2.46. The molecule has 2 aromatic rings. The van der Waals surface area contributed by atoms with Gasteiger partial charge in [-0.2, -0.15) is 0 Å². The first-order valence-electron chi connectivity index (χ1n) is 11.9. The molecule has 33 heavy (non-hydrogen) atoms. The molecule has 6 rings (SSSR count). The van der Waals surface area contributed by atoms with Crippen LogP contribution in [0.4, 0.5) is 0 Å². The summed E-state index contributed by atoms with van der Waals surface area (Å²) >= 11 is 0. The maximum absolute atomic E-state index is 13.2. The Labute approximate surface area is 192 Å². The molecule has 2 bridgehead atoms. The van der Waals surface area contributed by atoms with E-state index < -0.39 is 0 Å². The first-order valence-corrected chi connectivity index (χ1v) is 11.9. The minimum atomic E-state index is -0.179. The first-order chi connectivity index (χ1) is 16.1. The molecule has 2 aromatic heterocycles. The van der Waals surface area contributed by atoms with Gasteiger partial charge >= 0.3 is 0 Å². The molecule has 4 fully saturated rings. The zero-order valence-electron chi connectivity index (χ0n) is 18.5. The minimum Gasteiger partial charge on any atom is -0.340 e. The first kappa shape index (κ1) is 20.4. The number of pyridine rings is 1. The number of nitrogens with zero attached hydrogens (tertiary/aromatic N) is 5. The molecule has 4 heterocycles. The van der Waals surface area contributed by atoms with Crippen LogP contribution in [0.1, 0.15) is 43.7 Å². The lowest BCUT2D eigenvalue weighted by Gasteiger charge is -2.34. The number of likely N-dealkylation sites (tertiary alicyclic amines) is 2. The summed E-state index contributed by atoms with van der Waals surface area (Å²) in [7, 11) is 0. The fraction of sp³-hybridized carbons (Fsp3) is 0.520. The lowest BCUT2D eigenvalue weighted by atomic mass is 9.81. The van der Waals surface area contributed by atoms with Crippen molar-refractivity contribution >= 4 is 17.7 Å². The summed E-state index contributed by atoms with van der Waals surface area (Å²) in [5, 5.41) is 0. The van der Waals surface area contributed by atoms with Gasteiger partial charge in [-0.1, -0.05) is 0 Å². The van der Waals surface area contributed by atoms with Gasteiger partial charge in [0.05, 0.1) is 17.5 Å². The van der Waals surface area contributed by atoms with Gasteiger partial charge in [0.2, 0.25) is 17.7 Å². The van der Waals surface area contributed by atoms with Gasteiger partial charge in [-0.3, -0.25) is 24.3 Å². The minimum absolute atomic E-state index is 0.0778. The average Bonchev–Trinajstić information content (AvgIpc) is 3.55. The summed E-state index contributed by atoms with van der Waals surface area (Å²) < 4.78 is 0. The van der Waals surface area contributed by atoms with Crippen LogP contribution in [0.2, 0.25) is 0 Å². The molecular weight excluding hydrogens is 418 g/mol. The van der Waals surface area contributed by atoms with Gasteiger partial charge in [-0.25, -0.2) is 9.97 Å². The predicted molar refractivity (Wildman–Crippen MR) is 118 cm³/mol. The van der Waals surface area contributed by atoms with E-state index in [0.29, 0.717) is 24.9 Å². The molecule has 2 aliphatic heterocycles. The molecule has 2 aliphatic carbocycles. The Morgan fingerprint density at radius 2 is 1.73 bits per heavy atom. The summed E-state index contributed by atoms with van der Waals surface area (Å²) in [6.07, 6.45) is 11.7. The Morgan fingerprint density at radius 1 is 1.00 bits per heavy atom. The summed E-state index contributed by atoms with van der Waals surface area (Å²) in [5.41, 5.74) is 2.87. The fourth-order valence-electron chi connectivity index (χ4n) is 6.71. The number of rotatable bonds is 4. The van der Waals surface area contributed by atoms with Gasteiger partial charge in [-0.15, -0.1) is 0 Å². The Hall–Kier alpha value is -3.16. The number of aromatic nitrogens is 3. The van der Waals surface area contributed by atoms with Crippen molar-refractivity contribution in [1.29, 1.82) is 0 Å². The Morgan fingerprint density at radius 3 is 2.45 bits per heavy atom. The Bertz CT molecular complexity index is 1080. The van der Waals surface area contributed by atoms with Crippen molar-refractivity contribution in [2.45, 2.75) is 38.0 Å². The van der Waals surface area contributed by atoms with Gasteiger partial charge in [0.25, 0.3) is 0 Å². The number of hydrogen-bond acceptors (Lipinski definition) is 6. The van der Waals surface area contributed by atoms with Crippen LogP contribution in [0.25, 0.3) is 11.1 Å². The van der Waals surface area contributed by atoms with E-state index in [-0.39, 0.29) is 42.0 Å². The lowest BCUT2D eigenvalue weighted by molar-refractivity contribution is -0.147. The number of hydrogen-bond donors (Lipinski definition) is 0. The third-order valence-electron chi connectivity index (χ3n) is 8.21. The highest BCUT2D eigenvalue weighted by Crippen LogP contribution is 2.56. The summed E-state index contributed by atoms with van der Waals surface area (Å²) in [4.78, 5) is 55.2. The molecular formula is C25H27N5O3. The van der Waals surface area contributed by atoms with Crippen molar-refractivity contribution < 1.29 is 14.4 Å². The Kier molecular flexibility index (Phi) is 4.96. The van der Waals surface area contributed by atoms with Gasteiger partial charge in [0.1, 0.15) is 12.9 Å². The summed E-state index contributed by atoms with van der Waals surface area (Å²) in [5.74, 6) is 0.0110. The van der Waals surface area contributed by atoms with Gasteiger partial charge in [0, 0.05) is 43.2 Å². The maximum atomic E-state index is 13.2. The van der Waals surface area contributed by atoms with E-state index in [1.54, 1.807) is 23.6 Å². The van der Waals surface area contributed by atoms with Crippen molar-refractivity contribution in [3.63, 3.8) is 0 Å². The quantitative estimate of drug-likeness (QED) is 0.670. The molecule has 170 valence electrons. The molecule has 8 heteroatoms. The van der Waals surface area contributed by atoms with Crippen molar-refractivity contribution in [3.05, 3.63) is 42.7 Å². The van der Waals surface area contributed by atoms with Crippen LogP contribution in [0.15, 0.2) is 37.1 Å². The van der Waals surface area contributed by atoms with Gasteiger partial charge in [-0.05, 0) is 61.6 Å². The summed E-state index contributed by atoms with van der Waals surface area (Å²) in [6, 6.07) is 3.87. The second-order valence-electron chi connectivity index (χ2n) is 9.88. The smallest absolute Gasteiger partial charge is 0.242 e. The normalized spacial score (nSPS) is 30.7. The third-order valence-corrected chi connectivity index (χ3v) is 8.21. The van der Waals surface area contributed by atoms with E-state index in [1.807, 2.05) is 18.3 Å². The highest BCUT2D eigenvalue weighted by Gasteiger charge is 2.61. The van der Waals surface area contributed by atoms with Crippen LogP contribution in [0.5, 0.6) is 0 Å². The highest BCUT2D eigenvalue weighted by molar-refractivity contribution is 6.08.